The van der Waals surface area contributed by atoms with E-state index < -0.39 is 5.97 Å². The number of carbonyl (C=O) groups excluding carboxylic acids is 2. The lowest BCUT2D eigenvalue weighted by Crippen LogP contribution is -2.30. The number of benzene rings is 2. The van der Waals surface area contributed by atoms with E-state index in [9.17, 15) is 9.59 Å². The summed E-state index contributed by atoms with van der Waals surface area (Å²) in [6.45, 7) is 4.00. The minimum atomic E-state index is -0.447. The lowest BCUT2D eigenvalue weighted by atomic mass is 10.1. The Balaban J connectivity index is 1.43. The van der Waals surface area contributed by atoms with E-state index in [1.54, 1.807) is 23.5 Å². The Hall–Kier alpha value is -2.92. The van der Waals surface area contributed by atoms with Gasteiger partial charge in [-0.15, -0.1) is 11.3 Å². The zero-order valence-corrected chi connectivity index (χ0v) is 14.2. The minimum absolute atomic E-state index is 0.131. The quantitative estimate of drug-likeness (QED) is 0.667. The molecule has 25 heavy (non-hydrogen) atoms. The first-order valence-electron chi connectivity index (χ1n) is 7.86. The Bertz CT molecular complexity index is 970. The highest BCUT2D eigenvalue weighted by molar-refractivity contribution is 7.17. The number of nitrogens with zero attached hydrogens (tertiary/aromatic N) is 1. The number of carbonyl (C=O) groups is 2. The van der Waals surface area contributed by atoms with Crippen LogP contribution in [0.15, 0.2) is 60.5 Å². The van der Waals surface area contributed by atoms with E-state index in [0.717, 1.165) is 21.2 Å². The maximum atomic E-state index is 12.4. The topological polar surface area (TPSA) is 46.6 Å². The largest absolute Gasteiger partial charge is 0.459 e. The summed E-state index contributed by atoms with van der Waals surface area (Å²) < 4.78 is 6.54. The highest BCUT2D eigenvalue weighted by Crippen LogP contribution is 2.31. The van der Waals surface area contributed by atoms with Crippen LogP contribution in [-0.4, -0.2) is 23.3 Å². The molecule has 4 rings (SSSR count). The molecule has 0 aliphatic carbocycles. The van der Waals surface area contributed by atoms with Gasteiger partial charge in [0.05, 0.1) is 0 Å². The summed E-state index contributed by atoms with van der Waals surface area (Å²) in [4.78, 5) is 26.0. The highest BCUT2D eigenvalue weighted by Gasteiger charge is 2.32. The summed E-state index contributed by atoms with van der Waals surface area (Å²) in [5.74, 6) is -0.656. The van der Waals surface area contributed by atoms with Crippen LogP contribution in [0.2, 0.25) is 0 Å². The average molecular weight is 349 g/mol. The molecule has 4 nitrogen and oxygen atoms in total. The molecule has 1 aliphatic heterocycles. The van der Waals surface area contributed by atoms with Crippen molar-refractivity contribution in [1.82, 2.24) is 4.90 Å². The summed E-state index contributed by atoms with van der Waals surface area (Å²) in [6, 6.07) is 15.2. The molecule has 124 valence electrons. The average Bonchev–Trinajstić information content (AvgIpc) is 3.15. The normalized spacial score (nSPS) is 13.4. The van der Waals surface area contributed by atoms with Gasteiger partial charge in [0.2, 0.25) is 0 Å². The molecule has 0 spiro atoms. The molecule has 0 radical (unpaired) electrons. The van der Waals surface area contributed by atoms with Gasteiger partial charge in [-0.2, -0.15) is 0 Å². The van der Waals surface area contributed by atoms with Crippen LogP contribution >= 0.6 is 11.3 Å². The molecule has 0 saturated carbocycles. The van der Waals surface area contributed by atoms with Gasteiger partial charge in [0, 0.05) is 27.1 Å². The van der Waals surface area contributed by atoms with Crippen molar-refractivity contribution in [2.75, 3.05) is 6.54 Å². The van der Waals surface area contributed by atoms with Crippen LogP contribution in [0.5, 0.6) is 0 Å². The molecule has 0 N–H and O–H groups in total. The maximum absolute atomic E-state index is 12.4. The summed E-state index contributed by atoms with van der Waals surface area (Å²) >= 11 is 1.62. The maximum Gasteiger partial charge on any atom is 0.326 e. The van der Waals surface area contributed by atoms with Gasteiger partial charge in [0.25, 0.3) is 5.91 Å². The van der Waals surface area contributed by atoms with Gasteiger partial charge in [-0.3, -0.25) is 14.5 Å². The fourth-order valence-corrected chi connectivity index (χ4v) is 3.93. The molecule has 0 saturated heterocycles. The van der Waals surface area contributed by atoms with Crippen molar-refractivity contribution in [3.05, 3.63) is 77.2 Å². The summed E-state index contributed by atoms with van der Waals surface area (Å²) in [6.07, 6.45) is 0. The summed E-state index contributed by atoms with van der Waals surface area (Å²) in [5.41, 5.74) is 2.86. The Morgan fingerprint density at radius 2 is 1.80 bits per heavy atom. The van der Waals surface area contributed by atoms with Crippen LogP contribution in [0.25, 0.3) is 15.8 Å². The molecule has 0 atom stereocenters. The Morgan fingerprint density at radius 3 is 2.60 bits per heavy atom. The van der Waals surface area contributed by atoms with Gasteiger partial charge in [-0.05, 0) is 22.9 Å². The molecule has 1 aromatic heterocycles. The second kappa shape index (κ2) is 6.18. The SMILES string of the molecule is C=C1c2ccccc2C(=O)N1CC(=O)OCc1csc2ccccc12. The monoisotopic (exact) mass is 349 g/mol. The van der Waals surface area contributed by atoms with E-state index in [0.29, 0.717) is 11.3 Å². The third kappa shape index (κ3) is 2.72. The van der Waals surface area contributed by atoms with E-state index in [-0.39, 0.29) is 19.1 Å². The lowest BCUT2D eigenvalue weighted by Gasteiger charge is -2.16. The first kappa shape index (κ1) is 15.6. The van der Waals surface area contributed by atoms with Gasteiger partial charge < -0.3 is 4.74 Å². The fourth-order valence-electron chi connectivity index (χ4n) is 2.98. The number of amides is 1. The highest BCUT2D eigenvalue weighted by atomic mass is 32.1. The van der Waals surface area contributed by atoms with Crippen molar-refractivity contribution in [3.8, 4) is 0 Å². The molecular formula is C20H15NO3S. The van der Waals surface area contributed by atoms with Crippen LogP contribution in [-0.2, 0) is 16.1 Å². The molecule has 2 heterocycles. The predicted octanol–water partition coefficient (Wildman–Crippen LogP) is 4.07. The standard InChI is InChI=1S/C20H15NO3S/c1-13-15-6-2-3-8-17(15)20(23)21(13)10-19(22)24-11-14-12-25-18-9-5-4-7-16(14)18/h2-9,12H,1,10-11H2. The van der Waals surface area contributed by atoms with Gasteiger partial charge in [-0.25, -0.2) is 0 Å². The van der Waals surface area contributed by atoms with Crippen molar-refractivity contribution in [2.24, 2.45) is 0 Å². The van der Waals surface area contributed by atoms with E-state index in [1.165, 1.54) is 4.90 Å². The third-order valence-corrected chi connectivity index (χ3v) is 5.29. The second-order valence-corrected chi connectivity index (χ2v) is 6.71. The van der Waals surface area contributed by atoms with Crippen LogP contribution in [0, 0.1) is 0 Å². The van der Waals surface area contributed by atoms with Crippen molar-refractivity contribution < 1.29 is 14.3 Å². The first-order valence-corrected chi connectivity index (χ1v) is 8.74. The minimum Gasteiger partial charge on any atom is -0.459 e. The second-order valence-electron chi connectivity index (χ2n) is 5.80. The van der Waals surface area contributed by atoms with Gasteiger partial charge in [-0.1, -0.05) is 43.0 Å². The molecule has 3 aromatic rings. The van der Waals surface area contributed by atoms with E-state index in [2.05, 4.69) is 6.58 Å². The molecule has 2 aromatic carbocycles. The number of rotatable bonds is 4. The van der Waals surface area contributed by atoms with Crippen molar-refractivity contribution in [3.63, 3.8) is 0 Å². The van der Waals surface area contributed by atoms with Crippen LogP contribution < -0.4 is 0 Å². The van der Waals surface area contributed by atoms with Crippen LogP contribution in [0.1, 0.15) is 21.5 Å². The fraction of sp³-hybridized carbons (Fsp3) is 0.100. The predicted molar refractivity (Wildman–Crippen MR) is 98.1 cm³/mol. The van der Waals surface area contributed by atoms with Crippen LogP contribution in [0.3, 0.4) is 0 Å². The van der Waals surface area contributed by atoms with Gasteiger partial charge in [0.1, 0.15) is 13.2 Å². The molecule has 1 amide bonds. The van der Waals surface area contributed by atoms with Crippen molar-refractivity contribution in [1.29, 1.82) is 0 Å². The van der Waals surface area contributed by atoms with Crippen molar-refractivity contribution in [2.45, 2.75) is 6.61 Å². The zero-order valence-electron chi connectivity index (χ0n) is 13.4. The number of esters is 1. The molecule has 5 heteroatoms. The first-order chi connectivity index (χ1) is 12.1. The van der Waals surface area contributed by atoms with Gasteiger partial charge in [0.15, 0.2) is 0 Å². The van der Waals surface area contributed by atoms with E-state index in [4.69, 9.17) is 4.74 Å². The molecule has 0 bridgehead atoms. The molecule has 0 unspecified atom stereocenters. The number of fused-ring (bicyclic) bond motifs is 2. The van der Waals surface area contributed by atoms with E-state index >= 15 is 0 Å². The summed E-state index contributed by atoms with van der Waals surface area (Å²) in [5, 5.41) is 3.09. The lowest BCUT2D eigenvalue weighted by molar-refractivity contribution is -0.144. The van der Waals surface area contributed by atoms with Gasteiger partial charge >= 0.3 is 5.97 Å². The number of hydrogen-bond donors (Lipinski definition) is 0. The van der Waals surface area contributed by atoms with Crippen molar-refractivity contribution >= 4 is 39.0 Å². The number of hydrogen-bond acceptors (Lipinski definition) is 4. The Labute approximate surface area is 149 Å². The summed E-state index contributed by atoms with van der Waals surface area (Å²) in [7, 11) is 0. The third-order valence-electron chi connectivity index (χ3n) is 4.28. The van der Waals surface area contributed by atoms with Crippen LogP contribution in [0.4, 0.5) is 0 Å². The number of thiophene rings is 1. The molecule has 1 aliphatic rings. The smallest absolute Gasteiger partial charge is 0.326 e. The Kier molecular flexibility index (Phi) is 3.86. The van der Waals surface area contributed by atoms with E-state index in [1.807, 2.05) is 41.8 Å². The molecular weight excluding hydrogens is 334 g/mol. The number of ether oxygens (including phenoxy) is 1. The molecule has 0 fully saturated rings. The zero-order chi connectivity index (χ0) is 17.4. The Morgan fingerprint density at radius 1 is 1.08 bits per heavy atom.